The van der Waals surface area contributed by atoms with Gasteiger partial charge in [0.2, 0.25) is 11.8 Å². The Bertz CT molecular complexity index is 873. The van der Waals surface area contributed by atoms with E-state index in [2.05, 4.69) is 10.6 Å². The van der Waals surface area contributed by atoms with Crippen molar-refractivity contribution in [3.8, 4) is 0 Å². The molecule has 0 heterocycles. The van der Waals surface area contributed by atoms with Crippen molar-refractivity contribution < 1.29 is 23.5 Å². The Kier molecular flexibility index (Phi) is 8.15. The Hall–Kier alpha value is -2.93. The van der Waals surface area contributed by atoms with Gasteiger partial charge in [-0.05, 0) is 35.4 Å². The number of benzene rings is 2. The molecular weight excluding hydrogens is 399 g/mol. The van der Waals surface area contributed by atoms with E-state index in [0.717, 1.165) is 5.56 Å². The molecule has 0 aliphatic heterocycles. The van der Waals surface area contributed by atoms with Crippen LogP contribution in [0, 0.1) is 5.82 Å². The topological polar surface area (TPSA) is 84.5 Å². The van der Waals surface area contributed by atoms with Gasteiger partial charge in [0.1, 0.15) is 17.9 Å². The summed E-state index contributed by atoms with van der Waals surface area (Å²) >= 11 is 5.98. The maximum Gasteiger partial charge on any atom is 0.328 e. The molecule has 2 aromatic rings. The fraction of sp³-hybridized carbons (Fsp3) is 0.286. The molecule has 2 N–H and O–H groups in total. The quantitative estimate of drug-likeness (QED) is 0.642. The maximum atomic E-state index is 13.1. The number of hydrogen-bond donors (Lipinski definition) is 2. The number of amides is 2. The highest BCUT2D eigenvalue weighted by Crippen LogP contribution is 2.13. The molecule has 0 unspecified atom stereocenters. The predicted octanol–water partition coefficient (Wildman–Crippen LogP) is 2.43. The second kappa shape index (κ2) is 10.6. The van der Waals surface area contributed by atoms with Crippen LogP contribution in [0.4, 0.5) is 4.39 Å². The van der Waals surface area contributed by atoms with E-state index in [1.54, 1.807) is 24.3 Å². The smallest absolute Gasteiger partial charge is 0.328 e. The summed E-state index contributed by atoms with van der Waals surface area (Å²) in [5.74, 6) is -1.98. The molecule has 6 nitrogen and oxygen atoms in total. The molecule has 29 heavy (non-hydrogen) atoms. The third kappa shape index (κ3) is 7.19. The lowest BCUT2D eigenvalue weighted by Gasteiger charge is -2.22. The normalized spacial score (nSPS) is 12.6. The first-order valence-electron chi connectivity index (χ1n) is 8.92. The SMILES string of the molecule is COC(=O)[C@H](Cc1cccc(Cl)c1)NC(=O)[C@@H](Cc1ccc(F)cc1)NC(C)=O. The number of methoxy groups -OCH3 is 1. The molecule has 154 valence electrons. The van der Waals surface area contributed by atoms with E-state index < -0.39 is 35.7 Å². The predicted molar refractivity (Wildman–Crippen MR) is 107 cm³/mol. The zero-order valence-electron chi connectivity index (χ0n) is 16.1. The van der Waals surface area contributed by atoms with Crippen molar-refractivity contribution in [2.24, 2.45) is 0 Å². The van der Waals surface area contributed by atoms with Gasteiger partial charge < -0.3 is 15.4 Å². The standard InChI is InChI=1S/C21H22ClFN2O4/c1-13(26)24-18(11-14-6-8-17(23)9-7-14)20(27)25-19(21(28)29-2)12-15-4-3-5-16(22)10-15/h3-10,18-19H,11-12H2,1-2H3,(H,24,26)(H,25,27)/t18-,19+/m1/s1. The summed E-state index contributed by atoms with van der Waals surface area (Å²) in [6.45, 7) is 1.29. The van der Waals surface area contributed by atoms with Gasteiger partial charge in [-0.3, -0.25) is 9.59 Å². The van der Waals surface area contributed by atoms with E-state index in [1.165, 1.54) is 38.3 Å². The van der Waals surface area contributed by atoms with Crippen molar-refractivity contribution in [2.75, 3.05) is 7.11 Å². The fourth-order valence-corrected chi connectivity index (χ4v) is 3.03. The van der Waals surface area contributed by atoms with Gasteiger partial charge in [0, 0.05) is 24.8 Å². The number of carbonyl (C=O) groups excluding carboxylic acids is 3. The number of ether oxygens (including phenoxy) is 1. The van der Waals surface area contributed by atoms with Crippen LogP contribution in [0.3, 0.4) is 0 Å². The minimum atomic E-state index is -0.963. The van der Waals surface area contributed by atoms with Gasteiger partial charge in [0.25, 0.3) is 0 Å². The molecule has 2 rings (SSSR count). The van der Waals surface area contributed by atoms with Crippen molar-refractivity contribution in [1.82, 2.24) is 10.6 Å². The minimum Gasteiger partial charge on any atom is -0.467 e. The number of halogens is 2. The average Bonchev–Trinajstić information content (AvgIpc) is 2.67. The van der Waals surface area contributed by atoms with Gasteiger partial charge >= 0.3 is 5.97 Å². The Morgan fingerprint density at radius 1 is 1.00 bits per heavy atom. The molecule has 0 spiro atoms. The molecule has 2 atom stereocenters. The van der Waals surface area contributed by atoms with E-state index in [1.807, 2.05) is 0 Å². The summed E-state index contributed by atoms with van der Waals surface area (Å²) < 4.78 is 17.9. The highest BCUT2D eigenvalue weighted by Gasteiger charge is 2.27. The Morgan fingerprint density at radius 3 is 2.24 bits per heavy atom. The Balaban J connectivity index is 2.16. The zero-order chi connectivity index (χ0) is 21.4. The van der Waals surface area contributed by atoms with Crippen LogP contribution in [0.15, 0.2) is 48.5 Å². The van der Waals surface area contributed by atoms with Gasteiger partial charge in [-0.1, -0.05) is 35.9 Å². The largest absolute Gasteiger partial charge is 0.467 e. The molecule has 0 saturated carbocycles. The van der Waals surface area contributed by atoms with E-state index >= 15 is 0 Å². The maximum absolute atomic E-state index is 13.1. The number of rotatable bonds is 8. The van der Waals surface area contributed by atoms with Gasteiger partial charge in [-0.25, -0.2) is 9.18 Å². The second-order valence-electron chi connectivity index (χ2n) is 6.50. The molecule has 8 heteroatoms. The van der Waals surface area contributed by atoms with Crippen LogP contribution in [-0.2, 0) is 32.0 Å². The van der Waals surface area contributed by atoms with E-state index in [-0.39, 0.29) is 12.8 Å². The van der Waals surface area contributed by atoms with Crippen LogP contribution < -0.4 is 10.6 Å². The van der Waals surface area contributed by atoms with Gasteiger partial charge in [-0.15, -0.1) is 0 Å². The van der Waals surface area contributed by atoms with Gasteiger partial charge in [0.05, 0.1) is 7.11 Å². The lowest BCUT2D eigenvalue weighted by atomic mass is 10.0. The van der Waals surface area contributed by atoms with Crippen LogP contribution in [0.25, 0.3) is 0 Å². The molecule has 0 aromatic heterocycles. The first kappa shape index (κ1) is 22.4. The lowest BCUT2D eigenvalue weighted by Crippen LogP contribution is -2.53. The van der Waals surface area contributed by atoms with Crippen molar-refractivity contribution in [3.63, 3.8) is 0 Å². The van der Waals surface area contributed by atoms with Crippen LogP contribution in [0.5, 0.6) is 0 Å². The summed E-state index contributed by atoms with van der Waals surface area (Å²) in [4.78, 5) is 36.5. The zero-order valence-corrected chi connectivity index (χ0v) is 16.8. The summed E-state index contributed by atoms with van der Waals surface area (Å²) in [6.07, 6.45) is 0.305. The molecule has 0 bridgehead atoms. The summed E-state index contributed by atoms with van der Waals surface area (Å²) in [5, 5.41) is 5.69. The van der Waals surface area contributed by atoms with Gasteiger partial charge in [0.15, 0.2) is 0 Å². The molecular formula is C21H22ClFN2O4. The van der Waals surface area contributed by atoms with E-state index in [0.29, 0.717) is 10.6 Å². The molecule has 0 aliphatic rings. The molecule has 2 aromatic carbocycles. The Morgan fingerprint density at radius 2 is 1.66 bits per heavy atom. The fourth-order valence-electron chi connectivity index (χ4n) is 2.82. The molecule has 0 fully saturated rings. The minimum absolute atomic E-state index is 0.136. The van der Waals surface area contributed by atoms with Crippen molar-refractivity contribution in [1.29, 1.82) is 0 Å². The van der Waals surface area contributed by atoms with Crippen LogP contribution >= 0.6 is 11.6 Å². The monoisotopic (exact) mass is 420 g/mol. The van der Waals surface area contributed by atoms with Crippen molar-refractivity contribution in [2.45, 2.75) is 31.8 Å². The molecule has 2 amide bonds. The first-order chi connectivity index (χ1) is 13.8. The highest BCUT2D eigenvalue weighted by atomic mass is 35.5. The second-order valence-corrected chi connectivity index (χ2v) is 6.94. The lowest BCUT2D eigenvalue weighted by molar-refractivity contribution is -0.145. The number of esters is 1. The van der Waals surface area contributed by atoms with Crippen molar-refractivity contribution in [3.05, 3.63) is 70.5 Å². The molecule has 0 radical (unpaired) electrons. The van der Waals surface area contributed by atoms with Gasteiger partial charge in [-0.2, -0.15) is 0 Å². The van der Waals surface area contributed by atoms with Crippen LogP contribution in [0.2, 0.25) is 5.02 Å². The number of hydrogen-bond acceptors (Lipinski definition) is 4. The average molecular weight is 421 g/mol. The highest BCUT2D eigenvalue weighted by molar-refractivity contribution is 6.30. The first-order valence-corrected chi connectivity index (χ1v) is 9.30. The summed E-state index contributed by atoms with van der Waals surface area (Å²) in [6, 6.07) is 10.6. The van der Waals surface area contributed by atoms with E-state index in [4.69, 9.17) is 16.3 Å². The third-order valence-corrected chi connectivity index (χ3v) is 4.41. The number of carbonyl (C=O) groups is 3. The van der Waals surface area contributed by atoms with E-state index in [9.17, 15) is 18.8 Å². The van der Waals surface area contributed by atoms with Crippen LogP contribution in [-0.4, -0.2) is 37.0 Å². The van der Waals surface area contributed by atoms with Crippen LogP contribution in [0.1, 0.15) is 18.1 Å². The molecule has 0 aliphatic carbocycles. The number of nitrogens with one attached hydrogen (secondary N) is 2. The summed E-state index contributed by atoms with van der Waals surface area (Å²) in [7, 11) is 1.23. The molecule has 0 saturated heterocycles. The third-order valence-electron chi connectivity index (χ3n) is 4.18. The van der Waals surface area contributed by atoms with Crippen molar-refractivity contribution >= 4 is 29.4 Å². The Labute approximate surface area is 173 Å². The summed E-state index contributed by atoms with van der Waals surface area (Å²) in [5.41, 5.74) is 1.40.